The third-order valence-electron chi connectivity index (χ3n) is 2.47. The van der Waals surface area contributed by atoms with Gasteiger partial charge in [0.05, 0.1) is 0 Å². The molecule has 2 rings (SSSR count). The van der Waals surface area contributed by atoms with Gasteiger partial charge in [-0.2, -0.15) is 0 Å². The van der Waals surface area contributed by atoms with Crippen molar-refractivity contribution in [3.8, 4) is 0 Å². The number of benzene rings is 1. The van der Waals surface area contributed by atoms with Crippen molar-refractivity contribution in [3.63, 3.8) is 0 Å². The molecule has 0 aromatic heterocycles. The molecule has 1 aliphatic rings. The molecule has 0 heterocycles. The second-order valence-electron chi connectivity index (χ2n) is 3.26. The van der Waals surface area contributed by atoms with Crippen molar-refractivity contribution in [1.82, 2.24) is 5.32 Å². The Kier molecular flexibility index (Phi) is 3.28. The molecule has 1 N–H and O–H groups in total. The molecule has 13 heavy (non-hydrogen) atoms. The van der Waals surface area contributed by atoms with Crippen LogP contribution < -0.4 is 5.32 Å². The molecule has 72 valence electrons. The summed E-state index contributed by atoms with van der Waals surface area (Å²) in [4.78, 5) is 0. The van der Waals surface area contributed by atoms with E-state index < -0.39 is 0 Å². The monoisotopic (exact) mass is 201 g/mol. The maximum atomic E-state index is 13.2. The summed E-state index contributed by atoms with van der Waals surface area (Å²) in [6, 6.07) is 7.51. The summed E-state index contributed by atoms with van der Waals surface area (Å²) in [7, 11) is 1.92. The maximum Gasteiger partial charge on any atom is 0.126 e. The molecule has 1 aromatic rings. The molecule has 0 radical (unpaired) electrons. The van der Waals surface area contributed by atoms with Gasteiger partial charge >= 0.3 is 0 Å². The van der Waals surface area contributed by atoms with Crippen molar-refractivity contribution in [2.24, 2.45) is 0 Å². The minimum absolute atomic E-state index is 0. The Morgan fingerprint density at radius 2 is 2.08 bits per heavy atom. The SMILES string of the molecule is CNC1CC1c1ccccc1F.Cl. The van der Waals surface area contributed by atoms with Crippen LogP contribution in [-0.4, -0.2) is 13.1 Å². The Morgan fingerprint density at radius 3 is 2.62 bits per heavy atom. The zero-order valence-corrected chi connectivity index (χ0v) is 8.27. The van der Waals surface area contributed by atoms with Gasteiger partial charge < -0.3 is 5.32 Å². The van der Waals surface area contributed by atoms with Gasteiger partial charge in [-0.05, 0) is 25.1 Å². The van der Waals surface area contributed by atoms with Crippen LogP contribution in [0.5, 0.6) is 0 Å². The van der Waals surface area contributed by atoms with Crippen LogP contribution in [0, 0.1) is 5.82 Å². The molecule has 0 saturated heterocycles. The molecule has 1 nitrogen and oxygen atoms in total. The molecule has 0 amide bonds. The lowest BCUT2D eigenvalue weighted by atomic mass is 10.1. The average Bonchev–Trinajstić information content (AvgIpc) is 2.84. The standard InChI is InChI=1S/C10H12FN.ClH/c1-12-10-6-8(10)7-4-2-3-5-9(7)11;/h2-5,8,10,12H,6H2,1H3;1H. The highest BCUT2D eigenvalue weighted by atomic mass is 35.5. The van der Waals surface area contributed by atoms with E-state index in [1.54, 1.807) is 6.07 Å². The van der Waals surface area contributed by atoms with Crippen LogP contribution in [0.3, 0.4) is 0 Å². The predicted molar refractivity (Wildman–Crippen MR) is 53.9 cm³/mol. The third-order valence-corrected chi connectivity index (χ3v) is 2.47. The maximum absolute atomic E-state index is 13.2. The fourth-order valence-corrected chi connectivity index (χ4v) is 1.63. The van der Waals surface area contributed by atoms with Crippen molar-refractivity contribution in [2.75, 3.05) is 7.05 Å². The summed E-state index contributed by atoms with van der Waals surface area (Å²) < 4.78 is 13.2. The smallest absolute Gasteiger partial charge is 0.126 e. The van der Waals surface area contributed by atoms with Crippen LogP contribution in [0.2, 0.25) is 0 Å². The third kappa shape index (κ3) is 2.01. The Morgan fingerprint density at radius 1 is 1.38 bits per heavy atom. The molecule has 1 saturated carbocycles. The molecule has 1 aliphatic carbocycles. The lowest BCUT2D eigenvalue weighted by molar-refractivity contribution is 0.606. The van der Waals surface area contributed by atoms with Gasteiger partial charge in [0, 0.05) is 12.0 Å². The number of hydrogen-bond donors (Lipinski definition) is 1. The zero-order valence-electron chi connectivity index (χ0n) is 7.46. The summed E-state index contributed by atoms with van der Waals surface area (Å²) in [5.41, 5.74) is 0.858. The Bertz CT molecular complexity index is 290. The fraction of sp³-hybridized carbons (Fsp3) is 0.400. The highest BCUT2D eigenvalue weighted by Gasteiger charge is 2.38. The minimum atomic E-state index is -0.0692. The van der Waals surface area contributed by atoms with Gasteiger partial charge in [-0.25, -0.2) is 4.39 Å². The first-order chi connectivity index (χ1) is 5.83. The van der Waals surface area contributed by atoms with Crippen LogP contribution >= 0.6 is 12.4 Å². The number of hydrogen-bond acceptors (Lipinski definition) is 1. The summed E-state index contributed by atoms with van der Waals surface area (Å²) in [5, 5.41) is 3.15. The molecule has 0 aliphatic heterocycles. The summed E-state index contributed by atoms with van der Waals surface area (Å²) in [5.74, 6) is 0.330. The van der Waals surface area contributed by atoms with Crippen molar-refractivity contribution in [1.29, 1.82) is 0 Å². The Hall–Kier alpha value is -0.600. The first-order valence-electron chi connectivity index (χ1n) is 4.24. The van der Waals surface area contributed by atoms with Crippen LogP contribution in [0.25, 0.3) is 0 Å². The van der Waals surface area contributed by atoms with E-state index in [0.29, 0.717) is 12.0 Å². The second-order valence-corrected chi connectivity index (χ2v) is 3.26. The minimum Gasteiger partial charge on any atom is -0.316 e. The number of halogens is 2. The van der Waals surface area contributed by atoms with E-state index in [9.17, 15) is 4.39 Å². The lowest BCUT2D eigenvalue weighted by Gasteiger charge is -2.00. The summed E-state index contributed by atoms with van der Waals surface area (Å²) >= 11 is 0. The van der Waals surface area contributed by atoms with E-state index >= 15 is 0 Å². The van der Waals surface area contributed by atoms with Gasteiger partial charge in [0.15, 0.2) is 0 Å². The molecular weight excluding hydrogens is 189 g/mol. The molecule has 2 unspecified atom stereocenters. The van der Waals surface area contributed by atoms with Crippen LogP contribution in [0.4, 0.5) is 4.39 Å². The van der Waals surface area contributed by atoms with Gasteiger partial charge in [-0.15, -0.1) is 12.4 Å². The predicted octanol–water partition coefficient (Wildman–Crippen LogP) is 2.32. The molecule has 0 bridgehead atoms. The highest BCUT2D eigenvalue weighted by Crippen LogP contribution is 2.41. The first kappa shape index (κ1) is 10.5. The first-order valence-corrected chi connectivity index (χ1v) is 4.24. The molecule has 3 heteroatoms. The Balaban J connectivity index is 0.000000845. The van der Waals surface area contributed by atoms with Crippen molar-refractivity contribution < 1.29 is 4.39 Å². The second kappa shape index (κ2) is 4.07. The van der Waals surface area contributed by atoms with Gasteiger partial charge in [0.2, 0.25) is 0 Å². The van der Waals surface area contributed by atoms with Crippen LogP contribution in [0.15, 0.2) is 24.3 Å². The Labute approximate surface area is 83.8 Å². The van der Waals surface area contributed by atoms with Gasteiger partial charge in [-0.1, -0.05) is 18.2 Å². The number of nitrogens with one attached hydrogen (secondary N) is 1. The van der Waals surface area contributed by atoms with Crippen molar-refractivity contribution in [3.05, 3.63) is 35.6 Å². The van der Waals surface area contributed by atoms with Gasteiger partial charge in [0.25, 0.3) is 0 Å². The topological polar surface area (TPSA) is 12.0 Å². The molecule has 1 aromatic carbocycles. The van der Waals surface area contributed by atoms with E-state index in [0.717, 1.165) is 12.0 Å². The van der Waals surface area contributed by atoms with E-state index in [-0.39, 0.29) is 18.2 Å². The highest BCUT2D eigenvalue weighted by molar-refractivity contribution is 5.85. The average molecular weight is 202 g/mol. The van der Waals surface area contributed by atoms with Crippen LogP contribution in [0.1, 0.15) is 17.9 Å². The van der Waals surface area contributed by atoms with Gasteiger partial charge in [-0.3, -0.25) is 0 Å². The largest absolute Gasteiger partial charge is 0.316 e. The summed E-state index contributed by atoms with van der Waals surface area (Å²) in [6.45, 7) is 0. The van der Waals surface area contributed by atoms with Gasteiger partial charge in [0.1, 0.15) is 5.82 Å². The quantitative estimate of drug-likeness (QED) is 0.775. The molecule has 0 spiro atoms. The fourth-order valence-electron chi connectivity index (χ4n) is 1.63. The van der Waals surface area contributed by atoms with Crippen LogP contribution in [-0.2, 0) is 0 Å². The van der Waals surface area contributed by atoms with E-state index in [1.165, 1.54) is 6.07 Å². The molecular formula is C10H13ClFN. The lowest BCUT2D eigenvalue weighted by Crippen LogP contribution is -2.10. The molecule has 1 fully saturated rings. The summed E-state index contributed by atoms with van der Waals surface area (Å²) in [6.07, 6.45) is 1.07. The van der Waals surface area contributed by atoms with E-state index in [2.05, 4.69) is 5.32 Å². The number of rotatable bonds is 2. The zero-order chi connectivity index (χ0) is 8.55. The molecule has 2 atom stereocenters. The van der Waals surface area contributed by atoms with E-state index in [1.807, 2.05) is 19.2 Å². The van der Waals surface area contributed by atoms with Crippen molar-refractivity contribution >= 4 is 12.4 Å². The normalized spacial score (nSPS) is 25.1. The number of likely N-dealkylation sites (N-methyl/N-ethyl adjacent to an activating group) is 1. The van der Waals surface area contributed by atoms with E-state index in [4.69, 9.17) is 0 Å². The van der Waals surface area contributed by atoms with Crippen molar-refractivity contribution in [2.45, 2.75) is 18.4 Å².